The van der Waals surface area contributed by atoms with Gasteiger partial charge in [-0.1, -0.05) is 54.6 Å². The fourth-order valence-electron chi connectivity index (χ4n) is 6.13. The van der Waals surface area contributed by atoms with Crippen LogP contribution in [0.3, 0.4) is 0 Å². The van der Waals surface area contributed by atoms with Gasteiger partial charge in [0, 0.05) is 42.8 Å². The monoisotopic (exact) mass is 565 g/mol. The van der Waals surface area contributed by atoms with E-state index >= 15 is 0 Å². The highest BCUT2D eigenvalue weighted by atomic mass is 16.6. The quantitative estimate of drug-likeness (QED) is 0.262. The summed E-state index contributed by atoms with van der Waals surface area (Å²) in [5.74, 6) is -0.119. The summed E-state index contributed by atoms with van der Waals surface area (Å²) in [6.45, 7) is 6.98. The van der Waals surface area contributed by atoms with E-state index in [1.807, 2.05) is 57.3 Å². The number of rotatable bonds is 6. The number of aromatic hydroxyl groups is 1. The van der Waals surface area contributed by atoms with Gasteiger partial charge in [-0.25, -0.2) is 4.79 Å². The van der Waals surface area contributed by atoms with Crippen LogP contribution in [0.1, 0.15) is 57.1 Å². The van der Waals surface area contributed by atoms with Crippen molar-refractivity contribution in [2.75, 3.05) is 13.1 Å². The number of fused-ring (bicyclic) bond motifs is 1. The molecule has 2 atom stereocenters. The highest BCUT2D eigenvalue weighted by molar-refractivity contribution is 5.85. The van der Waals surface area contributed by atoms with E-state index < -0.39 is 11.5 Å². The summed E-state index contributed by atoms with van der Waals surface area (Å²) < 4.78 is 5.72. The van der Waals surface area contributed by atoms with Gasteiger partial charge < -0.3 is 24.6 Å². The molecular weight excluding hydrogens is 526 g/mol. The number of nitrogens with zero attached hydrogens (tertiary/aromatic N) is 2. The van der Waals surface area contributed by atoms with Crippen LogP contribution >= 0.6 is 0 Å². The van der Waals surface area contributed by atoms with Crippen molar-refractivity contribution in [3.63, 3.8) is 0 Å². The summed E-state index contributed by atoms with van der Waals surface area (Å²) >= 11 is 0. The maximum absolute atomic E-state index is 14.6. The molecule has 3 aromatic carbocycles. The molecular formula is C35H39N3O4. The maximum Gasteiger partial charge on any atom is 0.410 e. The number of carbonyl (C=O) groups excluding carboxylic acids is 2. The molecule has 0 radical (unpaired) electrons. The first-order valence-corrected chi connectivity index (χ1v) is 14.9. The molecule has 2 amide bonds. The lowest BCUT2D eigenvalue weighted by Crippen LogP contribution is -2.51. The minimum absolute atomic E-state index is 0.0440. The lowest BCUT2D eigenvalue weighted by atomic mass is 9.79. The first-order chi connectivity index (χ1) is 20.2. The highest BCUT2D eigenvalue weighted by Gasteiger charge is 2.43. The minimum atomic E-state index is -0.610. The Morgan fingerprint density at radius 2 is 1.74 bits per heavy atom. The highest BCUT2D eigenvalue weighted by Crippen LogP contribution is 2.39. The first-order valence-electron chi connectivity index (χ1n) is 14.9. The summed E-state index contributed by atoms with van der Waals surface area (Å²) in [5, 5.41) is 10.9. The van der Waals surface area contributed by atoms with Crippen molar-refractivity contribution in [1.82, 2.24) is 14.8 Å². The van der Waals surface area contributed by atoms with Crippen LogP contribution in [0.5, 0.6) is 5.75 Å². The number of benzene rings is 3. The molecule has 4 aromatic rings. The lowest BCUT2D eigenvalue weighted by Gasteiger charge is -2.40. The molecule has 0 unspecified atom stereocenters. The zero-order chi connectivity index (χ0) is 29.4. The number of phenols is 1. The van der Waals surface area contributed by atoms with Crippen molar-refractivity contribution in [1.29, 1.82) is 0 Å². The Kier molecular flexibility index (Phi) is 7.43. The van der Waals surface area contributed by atoms with Gasteiger partial charge in [0.25, 0.3) is 0 Å². The van der Waals surface area contributed by atoms with Gasteiger partial charge >= 0.3 is 6.09 Å². The van der Waals surface area contributed by atoms with E-state index in [2.05, 4.69) is 40.2 Å². The van der Waals surface area contributed by atoms with Gasteiger partial charge in [-0.2, -0.15) is 0 Å². The Bertz CT molecular complexity index is 1580. The SMILES string of the molecule is CC(C)(C)OC(=O)N1CC[C@H](c2cccc(-c3ccc(O)cc3)c2)[C@@H](C(=O)N(Cc2c[nH]c3ccccc23)C2CC2)C1. The van der Waals surface area contributed by atoms with Crippen LogP contribution in [0.2, 0.25) is 0 Å². The number of para-hydroxylation sites is 1. The van der Waals surface area contributed by atoms with Crippen LogP contribution in [0.15, 0.2) is 79.0 Å². The summed E-state index contributed by atoms with van der Waals surface area (Å²) in [4.78, 5) is 34.9. The standard InChI is InChI=1S/C35H39N3O4/c1-35(2,3)42-34(41)37-18-17-29(25-8-6-7-24(19-25)23-11-15-28(39)16-12-23)31(22-37)33(40)38(27-13-14-27)21-26-20-36-32-10-5-4-9-30(26)32/h4-12,15-16,19-20,27,29,31,36,39H,13-14,17-18,21-22H2,1-3H3/t29-,31+/m1/s1. The fraction of sp³-hybridized carbons (Fsp3) is 0.371. The van der Waals surface area contributed by atoms with Gasteiger partial charge in [-0.15, -0.1) is 0 Å². The molecule has 2 N–H and O–H groups in total. The van der Waals surface area contributed by atoms with Gasteiger partial charge in [0.15, 0.2) is 0 Å². The number of nitrogens with one attached hydrogen (secondary N) is 1. The Morgan fingerprint density at radius 3 is 2.48 bits per heavy atom. The number of likely N-dealkylation sites (tertiary alicyclic amines) is 1. The molecule has 7 nitrogen and oxygen atoms in total. The topological polar surface area (TPSA) is 85.9 Å². The van der Waals surface area contributed by atoms with Crippen LogP contribution < -0.4 is 0 Å². The van der Waals surface area contributed by atoms with E-state index in [-0.39, 0.29) is 29.7 Å². The molecule has 6 rings (SSSR count). The van der Waals surface area contributed by atoms with E-state index in [9.17, 15) is 14.7 Å². The van der Waals surface area contributed by atoms with Crippen LogP contribution in [-0.4, -0.2) is 56.6 Å². The number of carbonyl (C=O) groups is 2. The average molecular weight is 566 g/mol. The minimum Gasteiger partial charge on any atom is -0.508 e. The zero-order valence-corrected chi connectivity index (χ0v) is 24.5. The molecule has 1 aromatic heterocycles. The van der Waals surface area contributed by atoms with E-state index in [0.29, 0.717) is 26.1 Å². The van der Waals surface area contributed by atoms with Crippen molar-refractivity contribution in [3.05, 3.63) is 90.1 Å². The molecule has 218 valence electrons. The second kappa shape index (κ2) is 11.2. The van der Waals surface area contributed by atoms with Gasteiger partial charge in [-0.3, -0.25) is 4.79 Å². The van der Waals surface area contributed by atoms with Crippen LogP contribution in [0.4, 0.5) is 4.79 Å². The predicted octanol–water partition coefficient (Wildman–Crippen LogP) is 7.07. The van der Waals surface area contributed by atoms with Crippen LogP contribution in [0.25, 0.3) is 22.0 Å². The maximum atomic E-state index is 14.6. The normalized spacial score (nSPS) is 19.1. The van der Waals surface area contributed by atoms with E-state index in [4.69, 9.17) is 4.74 Å². The van der Waals surface area contributed by atoms with E-state index in [1.165, 1.54) is 0 Å². The third-order valence-corrected chi connectivity index (χ3v) is 8.38. The summed E-state index contributed by atoms with van der Waals surface area (Å²) in [6.07, 6.45) is 4.31. The molecule has 1 saturated carbocycles. The van der Waals surface area contributed by atoms with Crippen molar-refractivity contribution in [2.45, 2.75) is 64.1 Å². The average Bonchev–Trinajstić information content (AvgIpc) is 3.74. The van der Waals surface area contributed by atoms with Crippen LogP contribution in [-0.2, 0) is 16.1 Å². The molecule has 2 aliphatic rings. The predicted molar refractivity (Wildman–Crippen MR) is 164 cm³/mol. The van der Waals surface area contributed by atoms with E-state index in [0.717, 1.165) is 46.0 Å². The third kappa shape index (κ3) is 6.01. The molecule has 2 heterocycles. The fourth-order valence-corrected chi connectivity index (χ4v) is 6.13. The first kappa shape index (κ1) is 27.9. The summed E-state index contributed by atoms with van der Waals surface area (Å²) in [6, 6.07) is 23.9. The summed E-state index contributed by atoms with van der Waals surface area (Å²) in [7, 11) is 0. The van der Waals surface area contributed by atoms with Crippen molar-refractivity contribution in [3.8, 4) is 16.9 Å². The number of phenolic OH excluding ortho intramolecular Hbond substituents is 1. The third-order valence-electron chi connectivity index (χ3n) is 8.38. The Morgan fingerprint density at radius 1 is 0.976 bits per heavy atom. The number of hydrogen-bond acceptors (Lipinski definition) is 4. The Balaban J connectivity index is 1.32. The van der Waals surface area contributed by atoms with Gasteiger partial charge in [-0.05, 0) is 86.4 Å². The van der Waals surface area contributed by atoms with Crippen molar-refractivity contribution >= 4 is 22.9 Å². The van der Waals surface area contributed by atoms with Crippen LogP contribution in [0, 0.1) is 5.92 Å². The number of aromatic nitrogens is 1. The molecule has 42 heavy (non-hydrogen) atoms. The number of H-pyrrole nitrogens is 1. The van der Waals surface area contributed by atoms with Gasteiger partial charge in [0.05, 0.1) is 5.92 Å². The number of piperidine rings is 1. The number of amides is 2. The summed E-state index contributed by atoms with van der Waals surface area (Å²) in [5.41, 5.74) is 4.69. The molecule has 1 aliphatic heterocycles. The van der Waals surface area contributed by atoms with Crippen molar-refractivity contribution in [2.24, 2.45) is 5.92 Å². The van der Waals surface area contributed by atoms with Gasteiger partial charge in [0.2, 0.25) is 5.91 Å². The second-order valence-corrected chi connectivity index (χ2v) is 12.7. The number of aromatic amines is 1. The number of hydrogen-bond donors (Lipinski definition) is 2. The molecule has 0 bridgehead atoms. The Hall–Kier alpha value is -4.26. The van der Waals surface area contributed by atoms with Gasteiger partial charge in [0.1, 0.15) is 11.4 Å². The molecule has 0 spiro atoms. The lowest BCUT2D eigenvalue weighted by molar-refractivity contribution is -0.139. The largest absolute Gasteiger partial charge is 0.508 e. The number of ether oxygens (including phenoxy) is 1. The zero-order valence-electron chi connectivity index (χ0n) is 24.5. The molecule has 2 fully saturated rings. The molecule has 1 saturated heterocycles. The second-order valence-electron chi connectivity index (χ2n) is 12.7. The Labute approximate surface area is 247 Å². The van der Waals surface area contributed by atoms with Crippen molar-refractivity contribution < 1.29 is 19.4 Å². The van der Waals surface area contributed by atoms with E-state index in [1.54, 1.807) is 17.0 Å². The molecule has 7 heteroatoms. The molecule has 1 aliphatic carbocycles. The smallest absolute Gasteiger partial charge is 0.410 e.